The molecule has 1 nitrogen and oxygen atoms in total. The number of halogens is 1. The predicted molar refractivity (Wildman–Crippen MR) is 87.6 cm³/mol. The molecule has 1 heterocycles. The van der Waals surface area contributed by atoms with Crippen LogP contribution < -0.4 is 5.73 Å². The van der Waals surface area contributed by atoms with Gasteiger partial charge in [0.25, 0.3) is 0 Å². The van der Waals surface area contributed by atoms with Gasteiger partial charge in [0.1, 0.15) is 0 Å². The molecule has 19 heavy (non-hydrogen) atoms. The van der Waals surface area contributed by atoms with Crippen LogP contribution >= 0.6 is 27.3 Å². The third-order valence-corrected chi connectivity index (χ3v) is 5.93. The molecule has 0 aliphatic heterocycles. The van der Waals surface area contributed by atoms with Gasteiger partial charge in [-0.1, -0.05) is 44.2 Å². The molecule has 1 aromatic heterocycles. The molecule has 0 fully saturated rings. The Hall–Kier alpha value is -0.640. The summed E-state index contributed by atoms with van der Waals surface area (Å²) < 4.78 is 1.13. The zero-order valence-electron chi connectivity index (χ0n) is 11.4. The summed E-state index contributed by atoms with van der Waals surface area (Å²) in [6.07, 6.45) is 2.08. The van der Waals surface area contributed by atoms with E-state index in [1.807, 2.05) is 0 Å². The number of thiophene rings is 1. The molecule has 0 saturated carbocycles. The first-order chi connectivity index (χ1) is 9.15. The first kappa shape index (κ1) is 14.8. The molecule has 0 radical (unpaired) electrons. The molecule has 102 valence electrons. The quantitative estimate of drug-likeness (QED) is 0.790. The van der Waals surface area contributed by atoms with Crippen molar-refractivity contribution in [3.8, 4) is 0 Å². The Morgan fingerprint density at radius 3 is 2.26 bits per heavy atom. The van der Waals surface area contributed by atoms with Gasteiger partial charge >= 0.3 is 0 Å². The molecular weight excluding hydrogens is 318 g/mol. The van der Waals surface area contributed by atoms with Crippen molar-refractivity contribution in [3.05, 3.63) is 56.7 Å². The van der Waals surface area contributed by atoms with E-state index in [0.717, 1.165) is 17.3 Å². The van der Waals surface area contributed by atoms with Gasteiger partial charge in [-0.2, -0.15) is 11.3 Å². The molecule has 0 aliphatic rings. The first-order valence-corrected chi connectivity index (χ1v) is 8.42. The molecule has 2 aromatic rings. The third kappa shape index (κ3) is 2.64. The lowest BCUT2D eigenvalue weighted by atomic mass is 9.69. The Labute approximate surface area is 128 Å². The van der Waals surface area contributed by atoms with Gasteiger partial charge < -0.3 is 5.73 Å². The molecule has 0 bridgehead atoms. The lowest BCUT2D eigenvalue weighted by Crippen LogP contribution is -2.37. The van der Waals surface area contributed by atoms with Crippen LogP contribution in [0.4, 0.5) is 0 Å². The number of hydrogen-bond donors (Lipinski definition) is 1. The van der Waals surface area contributed by atoms with E-state index in [1.54, 1.807) is 11.3 Å². The Morgan fingerprint density at radius 1 is 1.16 bits per heavy atom. The van der Waals surface area contributed by atoms with Crippen LogP contribution in [-0.2, 0) is 5.41 Å². The SMILES string of the molecule is CCC(CC)(c1ccccc1)C(N)c1cscc1Br. The summed E-state index contributed by atoms with van der Waals surface area (Å²) in [4.78, 5) is 0. The molecule has 1 unspecified atom stereocenters. The second-order valence-corrected chi connectivity index (χ2v) is 6.48. The fourth-order valence-corrected chi connectivity index (χ4v) is 4.44. The molecule has 0 aliphatic carbocycles. The molecule has 3 heteroatoms. The minimum atomic E-state index is 0.00481. The van der Waals surface area contributed by atoms with Crippen LogP contribution in [0.2, 0.25) is 0 Å². The highest BCUT2D eigenvalue weighted by atomic mass is 79.9. The standard InChI is InChI=1S/C16H20BrNS/c1-3-16(4-2,12-8-6-5-7-9-12)15(18)13-10-19-11-14(13)17/h5-11,15H,3-4,18H2,1-2H3. The number of rotatable bonds is 5. The predicted octanol–water partition coefficient (Wildman–Crippen LogP) is 5.27. The van der Waals surface area contributed by atoms with E-state index in [0.29, 0.717) is 0 Å². The summed E-state index contributed by atoms with van der Waals surface area (Å²) in [5, 5.41) is 4.27. The van der Waals surface area contributed by atoms with Crippen LogP contribution in [0.25, 0.3) is 0 Å². The van der Waals surface area contributed by atoms with Crippen LogP contribution in [-0.4, -0.2) is 0 Å². The molecule has 0 spiro atoms. The number of hydrogen-bond acceptors (Lipinski definition) is 2. The monoisotopic (exact) mass is 337 g/mol. The topological polar surface area (TPSA) is 26.0 Å². The van der Waals surface area contributed by atoms with Crippen molar-refractivity contribution in [2.45, 2.75) is 38.1 Å². The van der Waals surface area contributed by atoms with Crippen LogP contribution in [0.5, 0.6) is 0 Å². The van der Waals surface area contributed by atoms with E-state index < -0.39 is 0 Å². The van der Waals surface area contributed by atoms with Gasteiger partial charge in [-0.05, 0) is 45.3 Å². The average Bonchev–Trinajstić information content (AvgIpc) is 2.88. The highest BCUT2D eigenvalue weighted by molar-refractivity contribution is 9.10. The first-order valence-electron chi connectivity index (χ1n) is 6.68. The van der Waals surface area contributed by atoms with Crippen LogP contribution in [0, 0.1) is 0 Å². The molecule has 2 N–H and O–H groups in total. The summed E-state index contributed by atoms with van der Waals surface area (Å²) in [7, 11) is 0. The summed E-state index contributed by atoms with van der Waals surface area (Å²) >= 11 is 5.32. The normalized spacial score (nSPS) is 13.5. The maximum Gasteiger partial charge on any atom is 0.0412 e. The molecule has 0 saturated heterocycles. The van der Waals surface area contributed by atoms with Gasteiger partial charge in [-0.15, -0.1) is 0 Å². The second-order valence-electron chi connectivity index (χ2n) is 4.88. The lowest BCUT2D eigenvalue weighted by Gasteiger charge is -2.38. The minimum absolute atomic E-state index is 0.00481. The lowest BCUT2D eigenvalue weighted by molar-refractivity contribution is 0.322. The van der Waals surface area contributed by atoms with Crippen LogP contribution in [0.1, 0.15) is 43.9 Å². The van der Waals surface area contributed by atoms with Crippen molar-refractivity contribution in [1.82, 2.24) is 0 Å². The molecule has 0 amide bonds. The van der Waals surface area contributed by atoms with E-state index in [4.69, 9.17) is 5.73 Å². The maximum atomic E-state index is 6.65. The van der Waals surface area contributed by atoms with Gasteiger partial charge in [0.2, 0.25) is 0 Å². The summed E-state index contributed by atoms with van der Waals surface area (Å²) in [6.45, 7) is 4.47. The number of benzene rings is 1. The largest absolute Gasteiger partial charge is 0.323 e. The van der Waals surface area contributed by atoms with Crippen molar-refractivity contribution in [3.63, 3.8) is 0 Å². The fraction of sp³-hybridized carbons (Fsp3) is 0.375. The fourth-order valence-electron chi connectivity index (χ4n) is 2.86. The van der Waals surface area contributed by atoms with Gasteiger partial charge in [0.15, 0.2) is 0 Å². The van der Waals surface area contributed by atoms with Gasteiger partial charge in [0.05, 0.1) is 0 Å². The van der Waals surface area contributed by atoms with Crippen LogP contribution in [0.15, 0.2) is 45.6 Å². The smallest absolute Gasteiger partial charge is 0.0412 e. The van der Waals surface area contributed by atoms with Gasteiger partial charge in [-0.25, -0.2) is 0 Å². The highest BCUT2D eigenvalue weighted by Crippen LogP contribution is 2.44. The highest BCUT2D eigenvalue weighted by Gasteiger charge is 2.37. The summed E-state index contributed by atoms with van der Waals surface area (Å²) in [5.41, 5.74) is 9.21. The molecule has 1 atom stereocenters. The Balaban J connectivity index is 2.48. The second kappa shape index (κ2) is 6.21. The van der Waals surface area contributed by atoms with E-state index in [9.17, 15) is 0 Å². The summed E-state index contributed by atoms with van der Waals surface area (Å²) in [5.74, 6) is 0. The Kier molecular flexibility index (Phi) is 4.82. The van der Waals surface area contributed by atoms with Crippen LogP contribution in [0.3, 0.4) is 0 Å². The van der Waals surface area contributed by atoms with Crippen molar-refractivity contribution >= 4 is 27.3 Å². The maximum absolute atomic E-state index is 6.65. The van der Waals surface area contributed by atoms with Crippen molar-refractivity contribution in [2.24, 2.45) is 5.73 Å². The minimum Gasteiger partial charge on any atom is -0.323 e. The summed E-state index contributed by atoms with van der Waals surface area (Å²) in [6, 6.07) is 10.7. The number of nitrogens with two attached hydrogens (primary N) is 1. The van der Waals surface area contributed by atoms with Crippen molar-refractivity contribution in [1.29, 1.82) is 0 Å². The zero-order valence-corrected chi connectivity index (χ0v) is 13.8. The zero-order chi connectivity index (χ0) is 13.9. The van der Waals surface area contributed by atoms with E-state index >= 15 is 0 Å². The Morgan fingerprint density at radius 2 is 1.79 bits per heavy atom. The molecule has 2 rings (SSSR count). The third-order valence-electron chi connectivity index (χ3n) is 4.18. The Bertz CT molecular complexity index is 517. The molecular formula is C16H20BrNS. The van der Waals surface area contributed by atoms with Crippen molar-refractivity contribution in [2.75, 3.05) is 0 Å². The van der Waals surface area contributed by atoms with Gasteiger partial charge in [-0.3, -0.25) is 0 Å². The van der Waals surface area contributed by atoms with Gasteiger partial charge in [0, 0.05) is 21.3 Å². The van der Waals surface area contributed by atoms with E-state index in [2.05, 4.69) is 70.9 Å². The molecule has 1 aromatic carbocycles. The van der Waals surface area contributed by atoms with Crippen molar-refractivity contribution < 1.29 is 0 Å². The average molecular weight is 338 g/mol. The van der Waals surface area contributed by atoms with E-state index in [1.165, 1.54) is 11.1 Å². The van der Waals surface area contributed by atoms with E-state index in [-0.39, 0.29) is 11.5 Å².